The van der Waals surface area contributed by atoms with Gasteiger partial charge < -0.3 is 0 Å². The lowest BCUT2D eigenvalue weighted by Crippen LogP contribution is -2.16. The smallest absolute Gasteiger partial charge is 0.0593 e. The van der Waals surface area contributed by atoms with E-state index in [0.29, 0.717) is 0 Å². The van der Waals surface area contributed by atoms with Gasteiger partial charge in [0.25, 0.3) is 0 Å². The first-order valence-electron chi connectivity index (χ1n) is 4.78. The summed E-state index contributed by atoms with van der Waals surface area (Å²) in [7, 11) is 0. The number of anilines is 1. The van der Waals surface area contributed by atoms with E-state index in [2.05, 4.69) is 18.6 Å². The van der Waals surface area contributed by atoms with Gasteiger partial charge in [0.1, 0.15) is 0 Å². The molecule has 0 aliphatic heterocycles. The highest BCUT2D eigenvalue weighted by molar-refractivity contribution is 5.92. The third-order valence-corrected chi connectivity index (χ3v) is 1.93. The second-order valence-electron chi connectivity index (χ2n) is 3.00. The Bertz CT molecular complexity index is 314. The van der Waals surface area contributed by atoms with E-state index in [9.17, 15) is 0 Å². The third-order valence-electron chi connectivity index (χ3n) is 1.93. The van der Waals surface area contributed by atoms with E-state index < -0.39 is 0 Å². The van der Waals surface area contributed by atoms with E-state index in [1.807, 2.05) is 42.3 Å². The van der Waals surface area contributed by atoms with Crippen molar-refractivity contribution in [1.29, 1.82) is 0 Å². The topological polar surface area (TPSA) is 15.6 Å². The van der Waals surface area contributed by atoms with Crippen LogP contribution in [0.1, 0.15) is 13.8 Å². The molecule has 0 bridgehead atoms. The normalized spacial score (nSPS) is 11.1. The summed E-state index contributed by atoms with van der Waals surface area (Å²) < 4.78 is 0. The molecule has 0 aliphatic carbocycles. The maximum atomic E-state index is 4.42. The molecule has 0 radical (unpaired) electrons. The van der Waals surface area contributed by atoms with Crippen LogP contribution in [0.2, 0.25) is 0 Å². The molecule has 1 aromatic rings. The van der Waals surface area contributed by atoms with E-state index in [4.69, 9.17) is 0 Å². The van der Waals surface area contributed by atoms with Gasteiger partial charge in [-0.25, -0.2) is 0 Å². The van der Waals surface area contributed by atoms with Crippen molar-refractivity contribution in [3.05, 3.63) is 43.0 Å². The van der Waals surface area contributed by atoms with Gasteiger partial charge in [0, 0.05) is 6.54 Å². The van der Waals surface area contributed by atoms with Crippen LogP contribution in [-0.4, -0.2) is 12.3 Å². The fourth-order valence-electron chi connectivity index (χ4n) is 1.14. The Balaban J connectivity index is 2.88. The first-order valence-corrected chi connectivity index (χ1v) is 4.78. The van der Waals surface area contributed by atoms with Gasteiger partial charge in [0.05, 0.1) is 11.4 Å². The highest BCUT2D eigenvalue weighted by Gasteiger charge is 1.99. The lowest BCUT2D eigenvalue weighted by molar-refractivity contribution is 0.893. The largest absolute Gasteiger partial charge is 0.266 e. The quantitative estimate of drug-likeness (QED) is 0.523. The van der Waals surface area contributed by atoms with Gasteiger partial charge in [0.2, 0.25) is 0 Å². The summed E-state index contributed by atoms with van der Waals surface area (Å²) in [5.41, 5.74) is 2.03. The Morgan fingerprint density at radius 1 is 1.43 bits per heavy atom. The standard InChI is InChI=1S/C12H16N2/c1-4-11(3)13-14(5-2)12-9-7-6-8-10-12/h4,6-10H,1,5H2,2-3H3/b13-11-. The summed E-state index contributed by atoms with van der Waals surface area (Å²) in [5, 5.41) is 6.37. The Morgan fingerprint density at radius 3 is 2.57 bits per heavy atom. The lowest BCUT2D eigenvalue weighted by Gasteiger charge is -2.17. The first kappa shape index (κ1) is 10.5. The minimum Gasteiger partial charge on any atom is -0.266 e. The number of benzene rings is 1. The SMILES string of the molecule is C=C/C(C)=N\N(CC)c1ccccc1. The molecule has 0 atom stereocenters. The molecule has 2 heteroatoms. The highest BCUT2D eigenvalue weighted by atomic mass is 15.4. The number of para-hydroxylation sites is 1. The molecule has 0 fully saturated rings. The Morgan fingerprint density at radius 2 is 2.07 bits per heavy atom. The Labute approximate surface area is 85.6 Å². The second-order valence-corrected chi connectivity index (χ2v) is 3.00. The van der Waals surface area contributed by atoms with Crippen molar-refractivity contribution in [2.75, 3.05) is 11.6 Å². The summed E-state index contributed by atoms with van der Waals surface area (Å²) in [5.74, 6) is 0. The van der Waals surface area contributed by atoms with Gasteiger partial charge in [-0.2, -0.15) is 5.10 Å². The third kappa shape index (κ3) is 2.73. The van der Waals surface area contributed by atoms with Crippen LogP contribution in [0, 0.1) is 0 Å². The maximum Gasteiger partial charge on any atom is 0.0593 e. The van der Waals surface area contributed by atoms with Crippen molar-refractivity contribution in [3.63, 3.8) is 0 Å². The molecular weight excluding hydrogens is 172 g/mol. The van der Waals surface area contributed by atoms with Gasteiger partial charge in [0.15, 0.2) is 0 Å². The number of nitrogens with zero attached hydrogens (tertiary/aromatic N) is 2. The van der Waals surface area contributed by atoms with Crippen LogP contribution in [0.4, 0.5) is 5.69 Å². The van der Waals surface area contributed by atoms with Crippen molar-refractivity contribution < 1.29 is 0 Å². The minimum atomic E-state index is 0.856. The van der Waals surface area contributed by atoms with Crippen molar-refractivity contribution in [2.24, 2.45) is 5.10 Å². The predicted molar refractivity (Wildman–Crippen MR) is 62.8 cm³/mol. The molecule has 1 aromatic carbocycles. The Hall–Kier alpha value is -1.57. The number of rotatable bonds is 4. The zero-order valence-electron chi connectivity index (χ0n) is 8.77. The van der Waals surface area contributed by atoms with E-state index in [1.54, 1.807) is 6.08 Å². The number of hydrogen-bond donors (Lipinski definition) is 0. The van der Waals surface area contributed by atoms with Gasteiger partial charge in [-0.3, -0.25) is 5.01 Å². The maximum absolute atomic E-state index is 4.42. The zero-order valence-corrected chi connectivity index (χ0v) is 8.77. The lowest BCUT2D eigenvalue weighted by atomic mass is 10.3. The van der Waals surface area contributed by atoms with Crippen LogP contribution in [0.15, 0.2) is 48.1 Å². The number of hydrazone groups is 1. The van der Waals surface area contributed by atoms with Crippen molar-refractivity contribution in [1.82, 2.24) is 0 Å². The summed E-state index contributed by atoms with van der Waals surface area (Å²) in [4.78, 5) is 0. The van der Waals surface area contributed by atoms with Crippen LogP contribution in [0.25, 0.3) is 0 Å². The molecule has 0 heterocycles. The molecule has 74 valence electrons. The van der Waals surface area contributed by atoms with E-state index in [0.717, 1.165) is 17.9 Å². The van der Waals surface area contributed by atoms with Gasteiger partial charge >= 0.3 is 0 Å². The van der Waals surface area contributed by atoms with Crippen LogP contribution in [0.3, 0.4) is 0 Å². The molecule has 0 aromatic heterocycles. The summed E-state index contributed by atoms with van der Waals surface area (Å²) in [6, 6.07) is 10.1. The molecule has 2 nitrogen and oxygen atoms in total. The van der Waals surface area contributed by atoms with Gasteiger partial charge in [-0.1, -0.05) is 24.8 Å². The summed E-state index contributed by atoms with van der Waals surface area (Å²) in [6.45, 7) is 8.56. The van der Waals surface area contributed by atoms with Crippen molar-refractivity contribution in [3.8, 4) is 0 Å². The molecule has 0 spiro atoms. The number of hydrogen-bond acceptors (Lipinski definition) is 2. The average Bonchev–Trinajstić information content (AvgIpc) is 2.26. The summed E-state index contributed by atoms with van der Waals surface area (Å²) >= 11 is 0. The second kappa shape index (κ2) is 5.22. The van der Waals surface area contributed by atoms with Crippen LogP contribution < -0.4 is 5.01 Å². The van der Waals surface area contributed by atoms with E-state index in [-0.39, 0.29) is 0 Å². The highest BCUT2D eigenvalue weighted by Crippen LogP contribution is 2.13. The number of allylic oxidation sites excluding steroid dienone is 1. The fraction of sp³-hybridized carbons (Fsp3) is 0.250. The van der Waals surface area contributed by atoms with Crippen LogP contribution in [0.5, 0.6) is 0 Å². The first-order chi connectivity index (χ1) is 6.77. The molecule has 0 saturated carbocycles. The average molecular weight is 188 g/mol. The van der Waals surface area contributed by atoms with Crippen LogP contribution >= 0.6 is 0 Å². The zero-order chi connectivity index (χ0) is 10.4. The molecule has 0 N–H and O–H groups in total. The van der Waals surface area contributed by atoms with E-state index in [1.165, 1.54) is 0 Å². The van der Waals surface area contributed by atoms with Gasteiger partial charge in [-0.05, 0) is 32.1 Å². The molecule has 0 amide bonds. The fourth-order valence-corrected chi connectivity index (χ4v) is 1.14. The van der Waals surface area contributed by atoms with Gasteiger partial charge in [-0.15, -0.1) is 0 Å². The predicted octanol–water partition coefficient (Wildman–Crippen LogP) is 3.07. The molecule has 1 rings (SSSR count). The summed E-state index contributed by atoms with van der Waals surface area (Å²) in [6.07, 6.45) is 1.76. The molecule has 14 heavy (non-hydrogen) atoms. The molecule has 0 saturated heterocycles. The van der Waals surface area contributed by atoms with E-state index >= 15 is 0 Å². The Kier molecular flexibility index (Phi) is 3.92. The monoisotopic (exact) mass is 188 g/mol. The molecule has 0 aliphatic rings. The minimum absolute atomic E-state index is 0.856. The molecular formula is C12H16N2. The molecule has 0 unspecified atom stereocenters. The van der Waals surface area contributed by atoms with Crippen molar-refractivity contribution >= 4 is 11.4 Å². The van der Waals surface area contributed by atoms with Crippen molar-refractivity contribution in [2.45, 2.75) is 13.8 Å². The van der Waals surface area contributed by atoms with Crippen LogP contribution in [-0.2, 0) is 0 Å².